The van der Waals surface area contributed by atoms with E-state index in [4.69, 9.17) is 0 Å². The van der Waals surface area contributed by atoms with Crippen molar-refractivity contribution in [1.29, 1.82) is 0 Å². The third-order valence-electron chi connectivity index (χ3n) is 2.76. The first-order valence-electron chi connectivity index (χ1n) is 5.18. The minimum atomic E-state index is 0. The van der Waals surface area contributed by atoms with Crippen LogP contribution in [-0.2, 0) is 0 Å². The maximum absolute atomic E-state index is 2.31. The molecule has 2 aromatic rings. The topological polar surface area (TPSA) is 0 Å². The summed E-state index contributed by atoms with van der Waals surface area (Å²) in [6.07, 6.45) is 0. The molecule has 0 radical (unpaired) electrons. The summed E-state index contributed by atoms with van der Waals surface area (Å²) >= 11 is 0. The SMILES string of the molecule is Cc1cc2ccccc2cc1C(C)C.[CH3-].[Na+]. The molecular formula is C15H19Na. The van der Waals surface area contributed by atoms with Gasteiger partial charge in [0, 0.05) is 0 Å². The van der Waals surface area contributed by atoms with Crippen molar-refractivity contribution in [3.05, 3.63) is 55.0 Å². The molecule has 0 aliphatic carbocycles. The normalized spacial score (nSPS) is 9.75. The fraction of sp³-hybridized carbons (Fsp3) is 0.267. The van der Waals surface area contributed by atoms with Gasteiger partial charge in [0.1, 0.15) is 0 Å². The Hall–Kier alpha value is -0.300. The van der Waals surface area contributed by atoms with Gasteiger partial charge >= 0.3 is 29.6 Å². The molecule has 0 fully saturated rings. The maximum atomic E-state index is 2.31. The van der Waals surface area contributed by atoms with Gasteiger partial charge in [-0.2, -0.15) is 0 Å². The molecule has 0 aliphatic rings. The third-order valence-corrected chi connectivity index (χ3v) is 2.76. The van der Waals surface area contributed by atoms with Gasteiger partial charge in [-0.1, -0.05) is 50.2 Å². The van der Waals surface area contributed by atoms with Gasteiger partial charge in [-0.3, -0.25) is 0 Å². The fourth-order valence-electron chi connectivity index (χ4n) is 1.99. The van der Waals surface area contributed by atoms with Gasteiger partial charge in [0.15, 0.2) is 0 Å². The van der Waals surface area contributed by atoms with Gasteiger partial charge in [0.2, 0.25) is 0 Å². The molecule has 0 saturated heterocycles. The van der Waals surface area contributed by atoms with E-state index >= 15 is 0 Å². The van der Waals surface area contributed by atoms with E-state index in [1.54, 1.807) is 0 Å². The Balaban J connectivity index is 0.00000112. The molecular weight excluding hydrogens is 203 g/mol. The molecule has 2 rings (SSSR count). The van der Waals surface area contributed by atoms with Crippen molar-refractivity contribution < 1.29 is 29.6 Å². The van der Waals surface area contributed by atoms with Crippen molar-refractivity contribution in [2.75, 3.05) is 0 Å². The van der Waals surface area contributed by atoms with Crippen LogP contribution in [0, 0.1) is 14.4 Å². The molecule has 0 bridgehead atoms. The minimum absolute atomic E-state index is 0. The Labute approximate surface area is 121 Å². The minimum Gasteiger partial charge on any atom is -0.358 e. The van der Waals surface area contributed by atoms with Gasteiger partial charge < -0.3 is 7.43 Å². The average molecular weight is 222 g/mol. The Morgan fingerprint density at radius 2 is 1.44 bits per heavy atom. The van der Waals surface area contributed by atoms with Crippen molar-refractivity contribution in [1.82, 2.24) is 0 Å². The van der Waals surface area contributed by atoms with Crippen LogP contribution in [0.3, 0.4) is 0 Å². The molecule has 0 aliphatic heterocycles. The molecule has 80 valence electrons. The summed E-state index contributed by atoms with van der Waals surface area (Å²) in [5, 5.41) is 2.69. The van der Waals surface area contributed by atoms with Crippen LogP contribution in [0.1, 0.15) is 30.9 Å². The predicted octanol–water partition coefficient (Wildman–Crippen LogP) is 1.73. The summed E-state index contributed by atoms with van der Waals surface area (Å²) in [5.41, 5.74) is 2.86. The van der Waals surface area contributed by atoms with Gasteiger partial charge in [0.05, 0.1) is 0 Å². The van der Waals surface area contributed by atoms with Crippen LogP contribution in [-0.4, -0.2) is 0 Å². The largest absolute Gasteiger partial charge is 1.00 e. The van der Waals surface area contributed by atoms with E-state index in [1.807, 2.05) is 0 Å². The van der Waals surface area contributed by atoms with E-state index < -0.39 is 0 Å². The first-order chi connectivity index (χ1) is 6.68. The average Bonchev–Trinajstić information content (AvgIpc) is 2.16. The maximum Gasteiger partial charge on any atom is 1.00 e. The Morgan fingerprint density at radius 3 is 1.94 bits per heavy atom. The summed E-state index contributed by atoms with van der Waals surface area (Å²) in [6.45, 7) is 6.69. The van der Waals surface area contributed by atoms with Crippen LogP contribution in [0.15, 0.2) is 36.4 Å². The second-order valence-corrected chi connectivity index (χ2v) is 4.21. The zero-order chi connectivity index (χ0) is 10.1. The van der Waals surface area contributed by atoms with Crippen molar-refractivity contribution in [2.24, 2.45) is 0 Å². The zero-order valence-corrected chi connectivity index (χ0v) is 13.0. The Morgan fingerprint density at radius 1 is 0.938 bits per heavy atom. The van der Waals surface area contributed by atoms with Crippen LogP contribution in [0.4, 0.5) is 0 Å². The van der Waals surface area contributed by atoms with Gasteiger partial charge in [0.25, 0.3) is 0 Å². The van der Waals surface area contributed by atoms with Crippen LogP contribution in [0.25, 0.3) is 10.8 Å². The standard InChI is InChI=1S/C14H16.CH3.Na/c1-10(2)14-9-13-7-5-4-6-12(13)8-11(14)3;;/h4-10H,1-3H3;1H3;/q;-1;+1. The molecule has 0 unspecified atom stereocenters. The monoisotopic (exact) mass is 222 g/mol. The molecule has 0 nitrogen and oxygen atoms in total. The van der Waals surface area contributed by atoms with Crippen molar-refractivity contribution >= 4 is 10.8 Å². The van der Waals surface area contributed by atoms with E-state index in [9.17, 15) is 0 Å². The predicted molar refractivity (Wildman–Crippen MR) is 69.2 cm³/mol. The molecule has 0 aromatic heterocycles. The van der Waals surface area contributed by atoms with Crippen molar-refractivity contribution in [2.45, 2.75) is 26.7 Å². The van der Waals surface area contributed by atoms with Gasteiger partial charge in [-0.25, -0.2) is 0 Å². The third kappa shape index (κ3) is 3.10. The first-order valence-corrected chi connectivity index (χ1v) is 5.18. The molecule has 1 heteroatoms. The van der Waals surface area contributed by atoms with Gasteiger partial charge in [-0.15, -0.1) is 0 Å². The van der Waals surface area contributed by atoms with E-state index in [1.165, 1.54) is 21.9 Å². The molecule has 16 heavy (non-hydrogen) atoms. The van der Waals surface area contributed by atoms with Crippen LogP contribution < -0.4 is 29.6 Å². The van der Waals surface area contributed by atoms with E-state index in [-0.39, 0.29) is 37.0 Å². The number of aryl methyl sites for hydroxylation is 1. The Kier molecular flexibility index (Phi) is 6.32. The number of hydrogen-bond acceptors (Lipinski definition) is 0. The van der Waals surface area contributed by atoms with Gasteiger partial charge in [-0.05, 0) is 34.7 Å². The Bertz CT molecular complexity index is 458. The molecule has 2 aromatic carbocycles. The number of fused-ring (bicyclic) bond motifs is 1. The quantitative estimate of drug-likeness (QED) is 0.509. The number of hydrogen-bond donors (Lipinski definition) is 0. The van der Waals surface area contributed by atoms with Crippen molar-refractivity contribution in [3.63, 3.8) is 0 Å². The summed E-state index contributed by atoms with van der Waals surface area (Å²) in [7, 11) is 0. The number of benzene rings is 2. The first kappa shape index (κ1) is 15.7. The summed E-state index contributed by atoms with van der Waals surface area (Å²) < 4.78 is 0. The second kappa shape index (κ2) is 6.44. The van der Waals surface area contributed by atoms with Crippen LogP contribution in [0.2, 0.25) is 0 Å². The summed E-state index contributed by atoms with van der Waals surface area (Å²) in [5.74, 6) is 0.611. The van der Waals surface area contributed by atoms with Crippen LogP contribution >= 0.6 is 0 Å². The van der Waals surface area contributed by atoms with E-state index in [2.05, 4.69) is 57.2 Å². The van der Waals surface area contributed by atoms with E-state index in [0.717, 1.165) is 0 Å². The molecule has 0 spiro atoms. The van der Waals surface area contributed by atoms with Crippen molar-refractivity contribution in [3.8, 4) is 0 Å². The molecule has 0 amide bonds. The fourth-order valence-corrected chi connectivity index (χ4v) is 1.99. The molecule has 0 saturated carbocycles. The smallest absolute Gasteiger partial charge is 0.358 e. The van der Waals surface area contributed by atoms with E-state index in [0.29, 0.717) is 5.92 Å². The zero-order valence-electron chi connectivity index (χ0n) is 11.0. The molecule has 0 N–H and O–H groups in total. The number of rotatable bonds is 1. The second-order valence-electron chi connectivity index (χ2n) is 4.21. The summed E-state index contributed by atoms with van der Waals surface area (Å²) in [6, 6.07) is 13.1. The summed E-state index contributed by atoms with van der Waals surface area (Å²) in [4.78, 5) is 0. The van der Waals surface area contributed by atoms with Crippen LogP contribution in [0.5, 0.6) is 0 Å². The molecule has 0 atom stereocenters. The molecule has 0 heterocycles.